The summed E-state index contributed by atoms with van der Waals surface area (Å²) in [6, 6.07) is 8.77. The molecule has 1 rings (SSSR count). The molecule has 2 unspecified atom stereocenters. The van der Waals surface area contributed by atoms with Gasteiger partial charge in [-0.15, -0.1) is 0 Å². The Labute approximate surface area is 111 Å². The van der Waals surface area contributed by atoms with Crippen molar-refractivity contribution in [2.24, 2.45) is 5.73 Å². The first-order chi connectivity index (χ1) is 8.45. The summed E-state index contributed by atoms with van der Waals surface area (Å²) in [6.45, 7) is 8.82. The van der Waals surface area contributed by atoms with Crippen LogP contribution in [0.25, 0.3) is 0 Å². The first kappa shape index (κ1) is 15.2. The fourth-order valence-corrected chi connectivity index (χ4v) is 2.48. The van der Waals surface area contributed by atoms with Gasteiger partial charge in [-0.1, -0.05) is 52.0 Å². The summed E-state index contributed by atoms with van der Waals surface area (Å²) in [5.74, 6) is 0.544. The Kier molecular flexibility index (Phi) is 5.36. The minimum atomic E-state index is -0.140. The molecular weight excluding hydrogens is 222 g/mol. The molecule has 18 heavy (non-hydrogen) atoms. The molecule has 1 aromatic rings. The average Bonchev–Trinajstić information content (AvgIpc) is 2.38. The molecule has 0 aliphatic carbocycles. The van der Waals surface area contributed by atoms with Crippen molar-refractivity contribution in [3.05, 3.63) is 35.4 Å². The van der Waals surface area contributed by atoms with E-state index in [0.29, 0.717) is 12.3 Å². The molecule has 2 atom stereocenters. The molecule has 0 bridgehead atoms. The molecular formula is C16H27NO. The van der Waals surface area contributed by atoms with E-state index >= 15 is 0 Å². The van der Waals surface area contributed by atoms with Crippen molar-refractivity contribution in [3.63, 3.8) is 0 Å². The SMILES string of the molecule is CCC(N)C(C)(CCO)c1ccc(C(C)C)cc1. The van der Waals surface area contributed by atoms with Crippen LogP contribution in [0, 0.1) is 0 Å². The summed E-state index contributed by atoms with van der Waals surface area (Å²) in [7, 11) is 0. The summed E-state index contributed by atoms with van der Waals surface area (Å²) in [6.07, 6.45) is 1.63. The Morgan fingerprint density at radius 2 is 1.78 bits per heavy atom. The fourth-order valence-electron chi connectivity index (χ4n) is 2.48. The number of nitrogens with two attached hydrogens (primary N) is 1. The summed E-state index contributed by atoms with van der Waals surface area (Å²) in [5.41, 5.74) is 8.69. The van der Waals surface area contributed by atoms with Crippen molar-refractivity contribution in [1.29, 1.82) is 0 Å². The van der Waals surface area contributed by atoms with Gasteiger partial charge in [0.05, 0.1) is 0 Å². The molecule has 0 aliphatic heterocycles. The molecule has 0 aromatic heterocycles. The van der Waals surface area contributed by atoms with E-state index in [1.807, 2.05) is 0 Å². The van der Waals surface area contributed by atoms with Gasteiger partial charge < -0.3 is 10.8 Å². The van der Waals surface area contributed by atoms with Crippen LogP contribution in [0.1, 0.15) is 57.6 Å². The zero-order valence-electron chi connectivity index (χ0n) is 12.1. The third kappa shape index (κ3) is 3.12. The molecule has 0 spiro atoms. The number of hydrogen-bond acceptors (Lipinski definition) is 2. The smallest absolute Gasteiger partial charge is 0.0440 e. The zero-order chi connectivity index (χ0) is 13.8. The highest BCUT2D eigenvalue weighted by Crippen LogP contribution is 2.32. The minimum absolute atomic E-state index is 0.0783. The lowest BCUT2D eigenvalue weighted by molar-refractivity contribution is 0.223. The van der Waals surface area contributed by atoms with E-state index in [2.05, 4.69) is 52.0 Å². The van der Waals surface area contributed by atoms with Gasteiger partial charge in [0.15, 0.2) is 0 Å². The maximum atomic E-state index is 9.29. The molecule has 3 N–H and O–H groups in total. The van der Waals surface area contributed by atoms with E-state index in [0.717, 1.165) is 6.42 Å². The maximum absolute atomic E-state index is 9.29. The third-order valence-electron chi connectivity index (χ3n) is 4.13. The quantitative estimate of drug-likeness (QED) is 0.813. The monoisotopic (exact) mass is 249 g/mol. The highest BCUT2D eigenvalue weighted by molar-refractivity contribution is 5.31. The fraction of sp³-hybridized carbons (Fsp3) is 0.625. The molecule has 102 valence electrons. The van der Waals surface area contributed by atoms with Crippen molar-refractivity contribution in [1.82, 2.24) is 0 Å². The molecule has 2 nitrogen and oxygen atoms in total. The second-order valence-corrected chi connectivity index (χ2v) is 5.68. The summed E-state index contributed by atoms with van der Waals surface area (Å²) in [4.78, 5) is 0. The van der Waals surface area contributed by atoms with Crippen LogP contribution in [-0.4, -0.2) is 17.8 Å². The maximum Gasteiger partial charge on any atom is 0.0440 e. The Balaban J connectivity index is 3.06. The summed E-state index contributed by atoms with van der Waals surface area (Å²) in [5, 5.41) is 9.29. The number of benzene rings is 1. The van der Waals surface area contributed by atoms with E-state index in [1.165, 1.54) is 11.1 Å². The number of hydrogen-bond donors (Lipinski definition) is 2. The molecule has 0 radical (unpaired) electrons. The number of aliphatic hydroxyl groups excluding tert-OH is 1. The van der Waals surface area contributed by atoms with Crippen LogP contribution in [0.4, 0.5) is 0 Å². The van der Waals surface area contributed by atoms with Crippen molar-refractivity contribution in [2.45, 2.75) is 57.9 Å². The highest BCUT2D eigenvalue weighted by atomic mass is 16.3. The van der Waals surface area contributed by atoms with Crippen molar-refractivity contribution in [3.8, 4) is 0 Å². The van der Waals surface area contributed by atoms with Crippen LogP contribution >= 0.6 is 0 Å². The lowest BCUT2D eigenvalue weighted by Crippen LogP contribution is -2.43. The first-order valence-corrected chi connectivity index (χ1v) is 6.92. The van der Waals surface area contributed by atoms with E-state index in [4.69, 9.17) is 5.73 Å². The summed E-state index contributed by atoms with van der Waals surface area (Å²) >= 11 is 0. The van der Waals surface area contributed by atoms with Gasteiger partial charge in [0.2, 0.25) is 0 Å². The zero-order valence-corrected chi connectivity index (χ0v) is 12.1. The van der Waals surface area contributed by atoms with Crippen molar-refractivity contribution in [2.75, 3.05) is 6.61 Å². The Morgan fingerprint density at radius 3 is 2.17 bits per heavy atom. The Bertz CT molecular complexity index is 358. The van der Waals surface area contributed by atoms with Crippen LogP contribution in [0.2, 0.25) is 0 Å². The van der Waals surface area contributed by atoms with Crippen LogP contribution in [0.5, 0.6) is 0 Å². The van der Waals surface area contributed by atoms with Crippen molar-refractivity contribution < 1.29 is 5.11 Å². The van der Waals surface area contributed by atoms with Gasteiger partial charge in [-0.05, 0) is 29.9 Å². The van der Waals surface area contributed by atoms with Crippen LogP contribution in [0.15, 0.2) is 24.3 Å². The lowest BCUT2D eigenvalue weighted by Gasteiger charge is -2.35. The normalized spacial score (nSPS) is 16.6. The Hall–Kier alpha value is -0.860. The second-order valence-electron chi connectivity index (χ2n) is 5.68. The average molecular weight is 249 g/mol. The predicted molar refractivity (Wildman–Crippen MR) is 77.9 cm³/mol. The molecule has 0 aliphatic rings. The number of rotatable bonds is 6. The minimum Gasteiger partial charge on any atom is -0.396 e. The molecule has 0 saturated heterocycles. The van der Waals surface area contributed by atoms with E-state index in [-0.39, 0.29) is 18.1 Å². The van der Waals surface area contributed by atoms with E-state index in [1.54, 1.807) is 0 Å². The lowest BCUT2D eigenvalue weighted by atomic mass is 9.72. The van der Waals surface area contributed by atoms with Gasteiger partial charge >= 0.3 is 0 Å². The highest BCUT2D eigenvalue weighted by Gasteiger charge is 2.32. The van der Waals surface area contributed by atoms with Crippen molar-refractivity contribution >= 4 is 0 Å². The van der Waals surface area contributed by atoms with Crippen LogP contribution in [0.3, 0.4) is 0 Å². The largest absolute Gasteiger partial charge is 0.396 e. The molecule has 0 amide bonds. The standard InChI is InChI=1S/C16H27NO/c1-5-15(17)16(4,10-11-18)14-8-6-13(7-9-14)12(2)3/h6-9,12,15,18H,5,10-11,17H2,1-4H3. The van der Waals surface area contributed by atoms with Gasteiger partial charge in [-0.2, -0.15) is 0 Å². The third-order valence-corrected chi connectivity index (χ3v) is 4.13. The van der Waals surface area contributed by atoms with Gasteiger partial charge in [-0.3, -0.25) is 0 Å². The van der Waals surface area contributed by atoms with Gasteiger partial charge in [-0.25, -0.2) is 0 Å². The first-order valence-electron chi connectivity index (χ1n) is 6.92. The predicted octanol–water partition coefficient (Wildman–Crippen LogP) is 3.19. The Morgan fingerprint density at radius 1 is 1.22 bits per heavy atom. The summed E-state index contributed by atoms with van der Waals surface area (Å²) < 4.78 is 0. The molecule has 2 heteroatoms. The van der Waals surface area contributed by atoms with Gasteiger partial charge in [0.1, 0.15) is 0 Å². The van der Waals surface area contributed by atoms with E-state index in [9.17, 15) is 5.11 Å². The van der Waals surface area contributed by atoms with Gasteiger partial charge in [0.25, 0.3) is 0 Å². The molecule has 0 saturated carbocycles. The number of aliphatic hydroxyl groups is 1. The second kappa shape index (κ2) is 6.35. The van der Waals surface area contributed by atoms with Gasteiger partial charge in [0, 0.05) is 18.1 Å². The molecule has 0 fully saturated rings. The topological polar surface area (TPSA) is 46.2 Å². The van der Waals surface area contributed by atoms with Crippen LogP contribution in [-0.2, 0) is 5.41 Å². The molecule has 0 heterocycles. The van der Waals surface area contributed by atoms with E-state index < -0.39 is 0 Å². The molecule has 1 aromatic carbocycles. The van der Waals surface area contributed by atoms with Crippen LogP contribution < -0.4 is 5.73 Å².